The minimum atomic E-state index is -4.13. The normalized spacial score (nSPS) is 13.6. The summed E-state index contributed by atoms with van der Waals surface area (Å²) in [6, 6.07) is 2.32. The molecule has 8 heteroatoms. The third kappa shape index (κ3) is 2.52. The molecular formula is C12H12FNO5S. The van der Waals surface area contributed by atoms with Crippen LogP contribution in [0.2, 0.25) is 0 Å². The number of fused-ring (bicyclic) bond motifs is 1. The molecule has 0 aliphatic rings. The van der Waals surface area contributed by atoms with Crippen molar-refractivity contribution >= 4 is 27.0 Å². The minimum Gasteiger partial charge on any atom is -0.480 e. The summed E-state index contributed by atoms with van der Waals surface area (Å²) in [6.45, 7) is 2.66. The van der Waals surface area contributed by atoms with Gasteiger partial charge in [0.15, 0.2) is 0 Å². The highest BCUT2D eigenvalue weighted by atomic mass is 32.2. The summed E-state index contributed by atoms with van der Waals surface area (Å²) in [5.74, 6) is -1.83. The van der Waals surface area contributed by atoms with Gasteiger partial charge in [0.1, 0.15) is 17.4 Å². The van der Waals surface area contributed by atoms with Crippen LogP contribution in [0.25, 0.3) is 11.0 Å². The predicted molar refractivity (Wildman–Crippen MR) is 68.3 cm³/mol. The van der Waals surface area contributed by atoms with E-state index in [1.165, 1.54) is 19.9 Å². The molecule has 108 valence electrons. The third-order valence-electron chi connectivity index (χ3n) is 2.80. The molecule has 0 aliphatic carbocycles. The van der Waals surface area contributed by atoms with Gasteiger partial charge < -0.3 is 9.52 Å². The number of carboxylic acid groups (broad SMARTS) is 1. The van der Waals surface area contributed by atoms with Gasteiger partial charge in [-0.1, -0.05) is 0 Å². The van der Waals surface area contributed by atoms with Crippen molar-refractivity contribution in [1.82, 2.24) is 4.72 Å². The summed E-state index contributed by atoms with van der Waals surface area (Å²) in [7, 11) is -4.13. The van der Waals surface area contributed by atoms with Crippen molar-refractivity contribution in [2.24, 2.45) is 0 Å². The van der Waals surface area contributed by atoms with Gasteiger partial charge in [-0.2, -0.15) is 4.72 Å². The average Bonchev–Trinajstić information content (AvgIpc) is 2.67. The van der Waals surface area contributed by atoms with E-state index >= 15 is 0 Å². The highest BCUT2D eigenvalue weighted by Crippen LogP contribution is 2.29. The number of sulfonamides is 1. The number of benzene rings is 1. The number of aliphatic carboxylic acids is 1. The van der Waals surface area contributed by atoms with Crippen LogP contribution in [0.15, 0.2) is 27.7 Å². The monoisotopic (exact) mass is 301 g/mol. The summed E-state index contributed by atoms with van der Waals surface area (Å²) in [6.07, 6.45) is 0. The van der Waals surface area contributed by atoms with Crippen LogP contribution in [0, 0.1) is 12.7 Å². The number of carbonyl (C=O) groups is 1. The SMILES string of the molecule is Cc1c(S(=O)(=O)N[C@@H](C)C(=O)O)oc2ccc(F)cc12. The maximum absolute atomic E-state index is 13.2. The largest absolute Gasteiger partial charge is 0.480 e. The molecule has 1 heterocycles. The Morgan fingerprint density at radius 3 is 2.70 bits per heavy atom. The predicted octanol–water partition coefficient (Wildman–Crippen LogP) is 1.63. The lowest BCUT2D eigenvalue weighted by molar-refractivity contribution is -0.138. The molecule has 0 saturated carbocycles. The first-order valence-electron chi connectivity index (χ1n) is 5.66. The van der Waals surface area contributed by atoms with Crippen LogP contribution in [-0.2, 0) is 14.8 Å². The highest BCUT2D eigenvalue weighted by Gasteiger charge is 2.27. The third-order valence-corrected chi connectivity index (χ3v) is 4.34. The first kappa shape index (κ1) is 14.5. The van der Waals surface area contributed by atoms with Gasteiger partial charge in [0, 0.05) is 10.9 Å². The van der Waals surface area contributed by atoms with Gasteiger partial charge in [0.25, 0.3) is 10.0 Å². The van der Waals surface area contributed by atoms with Crippen molar-refractivity contribution in [3.63, 3.8) is 0 Å². The molecule has 0 amide bonds. The van der Waals surface area contributed by atoms with Crippen LogP contribution in [0.5, 0.6) is 0 Å². The molecule has 0 spiro atoms. The van der Waals surface area contributed by atoms with Gasteiger partial charge in [-0.25, -0.2) is 12.8 Å². The maximum atomic E-state index is 13.2. The first-order valence-corrected chi connectivity index (χ1v) is 7.14. The minimum absolute atomic E-state index is 0.215. The van der Waals surface area contributed by atoms with Crippen molar-refractivity contribution < 1.29 is 27.1 Å². The summed E-state index contributed by atoms with van der Waals surface area (Å²) in [5.41, 5.74) is 0.442. The number of rotatable bonds is 4. The van der Waals surface area contributed by atoms with Crippen LogP contribution >= 0.6 is 0 Å². The second-order valence-electron chi connectivity index (χ2n) is 4.34. The van der Waals surface area contributed by atoms with E-state index in [1.54, 1.807) is 0 Å². The van der Waals surface area contributed by atoms with E-state index in [0.29, 0.717) is 5.39 Å². The van der Waals surface area contributed by atoms with E-state index in [9.17, 15) is 17.6 Å². The number of halogens is 1. The fourth-order valence-electron chi connectivity index (χ4n) is 1.76. The topological polar surface area (TPSA) is 96.6 Å². The van der Waals surface area contributed by atoms with E-state index < -0.39 is 32.9 Å². The van der Waals surface area contributed by atoms with E-state index in [4.69, 9.17) is 9.52 Å². The van der Waals surface area contributed by atoms with Crippen LogP contribution < -0.4 is 4.72 Å². The van der Waals surface area contributed by atoms with Crippen LogP contribution in [0.4, 0.5) is 4.39 Å². The molecule has 0 fully saturated rings. The molecular weight excluding hydrogens is 289 g/mol. The Morgan fingerprint density at radius 1 is 1.45 bits per heavy atom. The van der Waals surface area contributed by atoms with Crippen LogP contribution in [0.1, 0.15) is 12.5 Å². The Hall–Kier alpha value is -1.93. The standard InChI is InChI=1S/C12H12FNO5S/c1-6-9-5-8(13)3-4-10(9)19-12(6)20(17,18)14-7(2)11(15)16/h3-5,7,14H,1-2H3,(H,15,16)/t7-/m0/s1. The Morgan fingerprint density at radius 2 is 2.10 bits per heavy atom. The zero-order chi connectivity index (χ0) is 15.1. The molecule has 0 saturated heterocycles. The fraction of sp³-hybridized carbons (Fsp3) is 0.250. The smallest absolute Gasteiger partial charge is 0.321 e. The molecule has 1 aromatic carbocycles. The second-order valence-corrected chi connectivity index (χ2v) is 5.95. The molecule has 2 N–H and O–H groups in total. The Balaban J connectivity index is 2.52. The van der Waals surface area contributed by atoms with Gasteiger partial charge in [-0.15, -0.1) is 0 Å². The van der Waals surface area contributed by atoms with Gasteiger partial charge in [0.2, 0.25) is 5.09 Å². The number of hydrogen-bond donors (Lipinski definition) is 2. The molecule has 1 atom stereocenters. The highest BCUT2D eigenvalue weighted by molar-refractivity contribution is 7.89. The molecule has 6 nitrogen and oxygen atoms in total. The maximum Gasteiger partial charge on any atom is 0.321 e. The van der Waals surface area contributed by atoms with Crippen molar-refractivity contribution in [2.75, 3.05) is 0 Å². The van der Waals surface area contributed by atoms with Gasteiger partial charge >= 0.3 is 5.97 Å². The molecule has 0 unspecified atom stereocenters. The molecule has 2 aromatic rings. The van der Waals surface area contributed by atoms with Gasteiger partial charge in [-0.3, -0.25) is 4.79 Å². The number of aryl methyl sites for hydroxylation is 1. The lowest BCUT2D eigenvalue weighted by Crippen LogP contribution is -2.38. The number of hydrogen-bond acceptors (Lipinski definition) is 4. The van der Waals surface area contributed by atoms with E-state index in [1.807, 2.05) is 4.72 Å². The molecule has 0 aliphatic heterocycles. The van der Waals surface area contributed by atoms with E-state index in [2.05, 4.69) is 0 Å². The number of furan rings is 1. The van der Waals surface area contributed by atoms with Crippen LogP contribution in [-0.4, -0.2) is 25.5 Å². The van der Waals surface area contributed by atoms with Crippen molar-refractivity contribution in [2.45, 2.75) is 25.0 Å². The molecule has 1 aromatic heterocycles. The van der Waals surface area contributed by atoms with Gasteiger partial charge in [-0.05, 0) is 32.0 Å². The molecule has 0 radical (unpaired) electrons. The summed E-state index contributed by atoms with van der Waals surface area (Å²) in [4.78, 5) is 10.7. The number of carboxylic acids is 1. The zero-order valence-electron chi connectivity index (χ0n) is 10.7. The summed E-state index contributed by atoms with van der Waals surface area (Å²) >= 11 is 0. The molecule has 2 rings (SSSR count). The average molecular weight is 301 g/mol. The summed E-state index contributed by atoms with van der Waals surface area (Å²) in [5, 5.41) is 8.65. The Bertz CT molecular complexity index is 780. The molecule has 0 bridgehead atoms. The van der Waals surface area contributed by atoms with E-state index in [-0.39, 0.29) is 11.1 Å². The Labute approximate surface area is 114 Å². The lowest BCUT2D eigenvalue weighted by Gasteiger charge is -2.08. The van der Waals surface area contributed by atoms with E-state index in [0.717, 1.165) is 12.1 Å². The lowest BCUT2D eigenvalue weighted by atomic mass is 10.2. The quantitative estimate of drug-likeness (QED) is 0.894. The first-order chi connectivity index (χ1) is 9.22. The second kappa shape index (κ2) is 4.88. The van der Waals surface area contributed by atoms with Crippen molar-refractivity contribution in [3.8, 4) is 0 Å². The Kier molecular flexibility index (Phi) is 3.53. The van der Waals surface area contributed by atoms with Crippen LogP contribution in [0.3, 0.4) is 0 Å². The van der Waals surface area contributed by atoms with Crippen molar-refractivity contribution in [1.29, 1.82) is 0 Å². The molecule has 20 heavy (non-hydrogen) atoms. The summed E-state index contributed by atoms with van der Waals surface area (Å²) < 4.78 is 44.4. The van der Waals surface area contributed by atoms with Gasteiger partial charge in [0.05, 0.1) is 0 Å². The zero-order valence-corrected chi connectivity index (χ0v) is 11.5. The number of nitrogens with one attached hydrogen (secondary N) is 1. The van der Waals surface area contributed by atoms with Crippen molar-refractivity contribution in [3.05, 3.63) is 29.6 Å². The fourth-order valence-corrected chi connectivity index (χ4v) is 3.15.